The Bertz CT molecular complexity index is 704. The topological polar surface area (TPSA) is 106 Å². The minimum Gasteiger partial charge on any atom is -0.493 e. The van der Waals surface area contributed by atoms with Gasteiger partial charge in [0.2, 0.25) is 15.9 Å². The maximum atomic E-state index is 12.3. The molecule has 10 heteroatoms. The molecule has 2 rings (SSSR count). The van der Waals surface area contributed by atoms with Gasteiger partial charge < -0.3 is 19.5 Å². The lowest BCUT2D eigenvalue weighted by Crippen LogP contribution is -2.43. The van der Waals surface area contributed by atoms with Gasteiger partial charge in [0.15, 0.2) is 11.5 Å². The number of nitrogens with zero attached hydrogens (tertiary/aromatic N) is 1. The Morgan fingerprint density at radius 3 is 2.54 bits per heavy atom. The van der Waals surface area contributed by atoms with Crippen molar-refractivity contribution in [3.05, 3.63) is 18.2 Å². The van der Waals surface area contributed by atoms with Gasteiger partial charge in [-0.05, 0) is 12.1 Å². The predicted molar refractivity (Wildman–Crippen MR) is 95.0 cm³/mol. The summed E-state index contributed by atoms with van der Waals surface area (Å²) in [6.07, 6.45) is 0. The summed E-state index contributed by atoms with van der Waals surface area (Å²) in [7, 11) is -0.948. The molecule has 1 fully saturated rings. The van der Waals surface area contributed by atoms with E-state index in [9.17, 15) is 13.2 Å². The second-order valence-electron chi connectivity index (χ2n) is 5.65. The minimum absolute atomic E-state index is 0.00346. The third-order valence-corrected chi connectivity index (χ3v) is 5.34. The van der Waals surface area contributed by atoms with Crippen molar-refractivity contribution in [3.8, 4) is 11.5 Å². The molecule has 1 saturated heterocycles. The molecule has 1 aromatic rings. The average molecular weight is 387 g/mol. The normalized spacial score (nSPS) is 15.5. The first-order chi connectivity index (χ1) is 12.5. The van der Waals surface area contributed by atoms with Crippen LogP contribution in [-0.2, 0) is 19.6 Å². The average Bonchev–Trinajstić information content (AvgIpc) is 2.66. The van der Waals surface area contributed by atoms with E-state index in [2.05, 4.69) is 14.9 Å². The molecule has 0 aromatic heterocycles. The number of rotatable bonds is 9. The van der Waals surface area contributed by atoms with Gasteiger partial charge in [0.25, 0.3) is 0 Å². The molecule has 0 radical (unpaired) electrons. The van der Waals surface area contributed by atoms with Crippen LogP contribution in [0, 0.1) is 0 Å². The van der Waals surface area contributed by atoms with Gasteiger partial charge in [-0.1, -0.05) is 0 Å². The van der Waals surface area contributed by atoms with E-state index in [0.29, 0.717) is 37.8 Å². The first-order valence-corrected chi connectivity index (χ1v) is 9.73. The van der Waals surface area contributed by atoms with Crippen molar-refractivity contribution in [3.63, 3.8) is 0 Å². The molecule has 0 spiro atoms. The number of benzene rings is 1. The second kappa shape index (κ2) is 9.72. The summed E-state index contributed by atoms with van der Waals surface area (Å²) in [5, 5.41) is 2.70. The Labute approximate surface area is 153 Å². The molecule has 0 bridgehead atoms. The zero-order valence-electron chi connectivity index (χ0n) is 15.0. The van der Waals surface area contributed by atoms with Crippen LogP contribution in [0.2, 0.25) is 0 Å². The molecular weight excluding hydrogens is 362 g/mol. The number of nitrogens with one attached hydrogen (secondary N) is 2. The van der Waals surface area contributed by atoms with Crippen LogP contribution in [0.1, 0.15) is 0 Å². The highest BCUT2D eigenvalue weighted by molar-refractivity contribution is 7.89. The summed E-state index contributed by atoms with van der Waals surface area (Å²) in [6.45, 7) is 3.88. The summed E-state index contributed by atoms with van der Waals surface area (Å²) in [4.78, 5) is 14.0. The third kappa shape index (κ3) is 5.84. The molecule has 0 unspecified atom stereocenters. The number of amides is 1. The van der Waals surface area contributed by atoms with Gasteiger partial charge >= 0.3 is 0 Å². The van der Waals surface area contributed by atoms with Gasteiger partial charge in [-0.3, -0.25) is 9.69 Å². The monoisotopic (exact) mass is 387 g/mol. The molecule has 0 saturated carbocycles. The van der Waals surface area contributed by atoms with Crippen LogP contribution < -0.4 is 19.5 Å². The number of ether oxygens (including phenoxy) is 3. The molecule has 1 aliphatic heterocycles. The standard InChI is InChI=1S/C16H25N3O6S/c1-23-14-4-3-13(11-15(14)24-2)26(21,22)18-12-16(20)17-5-6-19-7-9-25-10-8-19/h3-4,11,18H,5-10,12H2,1-2H3,(H,17,20). The van der Waals surface area contributed by atoms with Crippen molar-refractivity contribution in [2.24, 2.45) is 0 Å². The van der Waals surface area contributed by atoms with Crippen LogP contribution in [-0.4, -0.2) is 79.4 Å². The highest BCUT2D eigenvalue weighted by Crippen LogP contribution is 2.29. The summed E-state index contributed by atoms with van der Waals surface area (Å²) < 4.78 is 42.3. The molecule has 1 amide bonds. The molecule has 0 aliphatic carbocycles. The summed E-state index contributed by atoms with van der Waals surface area (Å²) in [6, 6.07) is 4.23. The number of carbonyl (C=O) groups is 1. The molecule has 0 atom stereocenters. The molecule has 1 heterocycles. The Hall–Kier alpha value is -1.88. The maximum absolute atomic E-state index is 12.3. The molecule has 146 valence electrons. The number of hydrogen-bond acceptors (Lipinski definition) is 7. The van der Waals surface area contributed by atoms with E-state index in [0.717, 1.165) is 13.1 Å². The molecule has 2 N–H and O–H groups in total. The fourth-order valence-electron chi connectivity index (χ4n) is 2.47. The molecule has 1 aromatic carbocycles. The lowest BCUT2D eigenvalue weighted by molar-refractivity contribution is -0.120. The molecule has 26 heavy (non-hydrogen) atoms. The minimum atomic E-state index is -3.83. The van der Waals surface area contributed by atoms with Gasteiger partial charge in [-0.25, -0.2) is 13.1 Å². The predicted octanol–water partition coefficient (Wildman–Crippen LogP) is -0.569. The Morgan fingerprint density at radius 1 is 1.19 bits per heavy atom. The number of carbonyl (C=O) groups excluding carboxylic acids is 1. The fraction of sp³-hybridized carbons (Fsp3) is 0.562. The SMILES string of the molecule is COc1ccc(S(=O)(=O)NCC(=O)NCCN2CCOCC2)cc1OC. The van der Waals surface area contributed by atoms with Crippen molar-refractivity contribution in [1.29, 1.82) is 0 Å². The van der Waals surface area contributed by atoms with Gasteiger partial charge in [0.05, 0.1) is 38.9 Å². The first kappa shape index (κ1) is 20.4. The molecule has 9 nitrogen and oxygen atoms in total. The summed E-state index contributed by atoms with van der Waals surface area (Å²) >= 11 is 0. The van der Waals surface area contributed by atoms with Crippen LogP contribution in [0.15, 0.2) is 23.1 Å². The van der Waals surface area contributed by atoms with Crippen molar-refractivity contribution in [1.82, 2.24) is 14.9 Å². The van der Waals surface area contributed by atoms with E-state index >= 15 is 0 Å². The van der Waals surface area contributed by atoms with Crippen molar-refractivity contribution >= 4 is 15.9 Å². The number of methoxy groups -OCH3 is 2. The van der Waals surface area contributed by atoms with Crippen LogP contribution in [0.25, 0.3) is 0 Å². The first-order valence-electron chi connectivity index (χ1n) is 8.25. The second-order valence-corrected chi connectivity index (χ2v) is 7.41. The van der Waals surface area contributed by atoms with Crippen LogP contribution in [0.3, 0.4) is 0 Å². The van der Waals surface area contributed by atoms with E-state index in [1.54, 1.807) is 0 Å². The quantitative estimate of drug-likeness (QED) is 0.584. The van der Waals surface area contributed by atoms with Crippen LogP contribution in [0.5, 0.6) is 11.5 Å². The van der Waals surface area contributed by atoms with Crippen LogP contribution in [0.4, 0.5) is 0 Å². The van der Waals surface area contributed by atoms with E-state index in [-0.39, 0.29) is 17.3 Å². The van der Waals surface area contributed by atoms with E-state index in [1.807, 2.05) is 0 Å². The highest BCUT2D eigenvalue weighted by Gasteiger charge is 2.18. The van der Waals surface area contributed by atoms with E-state index in [4.69, 9.17) is 14.2 Å². The van der Waals surface area contributed by atoms with Crippen molar-refractivity contribution in [2.45, 2.75) is 4.90 Å². The number of sulfonamides is 1. The van der Waals surface area contributed by atoms with Gasteiger partial charge in [-0.2, -0.15) is 0 Å². The van der Waals surface area contributed by atoms with Crippen molar-refractivity contribution < 1.29 is 27.4 Å². The Balaban J connectivity index is 1.82. The lowest BCUT2D eigenvalue weighted by atomic mass is 10.3. The van der Waals surface area contributed by atoms with Gasteiger partial charge in [-0.15, -0.1) is 0 Å². The smallest absolute Gasteiger partial charge is 0.241 e. The largest absolute Gasteiger partial charge is 0.493 e. The zero-order chi connectivity index (χ0) is 19.0. The van der Waals surface area contributed by atoms with E-state index < -0.39 is 10.0 Å². The van der Waals surface area contributed by atoms with Crippen molar-refractivity contribution in [2.75, 3.05) is 60.2 Å². The zero-order valence-corrected chi connectivity index (χ0v) is 15.8. The fourth-order valence-corrected chi connectivity index (χ4v) is 3.47. The highest BCUT2D eigenvalue weighted by atomic mass is 32.2. The van der Waals surface area contributed by atoms with Crippen LogP contribution >= 0.6 is 0 Å². The third-order valence-electron chi connectivity index (χ3n) is 3.94. The van der Waals surface area contributed by atoms with E-state index in [1.165, 1.54) is 32.4 Å². The lowest BCUT2D eigenvalue weighted by Gasteiger charge is -2.26. The number of morpholine rings is 1. The Morgan fingerprint density at radius 2 is 1.88 bits per heavy atom. The summed E-state index contributed by atoms with van der Waals surface area (Å²) in [5.74, 6) is 0.333. The number of hydrogen-bond donors (Lipinski definition) is 2. The maximum Gasteiger partial charge on any atom is 0.241 e. The molecular formula is C16H25N3O6S. The van der Waals surface area contributed by atoms with Gasteiger partial charge in [0.1, 0.15) is 0 Å². The molecule has 1 aliphatic rings. The summed E-state index contributed by atoms with van der Waals surface area (Å²) in [5.41, 5.74) is 0. The van der Waals surface area contributed by atoms with Gasteiger partial charge in [0, 0.05) is 32.2 Å². The Kier molecular flexibility index (Phi) is 7.64.